The number of carbonyl (C=O) groups is 3. The zero-order valence-electron chi connectivity index (χ0n) is 22.9. The standard InChI is InChI=1S/C30H36BrN3O6/c1-4-39-21-12-10-19(11-13-21)33-27(36)23-24-29(38)34(20(16-35)14-18-8-6-5-7-9-18)26(28(37)32-17(2)3)30(24)15-22(31)25(23)40-30/h5-13,17,20,22-26,35H,4,14-16H2,1-3H3,(H,32,37)(H,33,36)/t20-,22?,23-,24+,25-,26?,30?/m1/s1. The van der Waals surface area contributed by atoms with E-state index in [0.717, 1.165) is 5.56 Å². The van der Waals surface area contributed by atoms with Crippen LogP contribution in [0.1, 0.15) is 32.8 Å². The molecule has 3 saturated heterocycles. The number of fused-ring (bicyclic) bond motifs is 1. The number of alkyl halides is 1. The molecular formula is C30H36BrN3O6. The summed E-state index contributed by atoms with van der Waals surface area (Å²) in [6.45, 7) is 5.81. The molecule has 3 aliphatic heterocycles. The van der Waals surface area contributed by atoms with Crippen molar-refractivity contribution < 1.29 is 29.0 Å². The summed E-state index contributed by atoms with van der Waals surface area (Å²) in [6, 6.07) is 14.8. The highest BCUT2D eigenvalue weighted by Crippen LogP contribution is 2.60. The summed E-state index contributed by atoms with van der Waals surface area (Å²) in [5.74, 6) is -2.00. The van der Waals surface area contributed by atoms with Crippen LogP contribution in [0.4, 0.5) is 5.69 Å². The summed E-state index contributed by atoms with van der Waals surface area (Å²) in [4.78, 5) is 43.1. The maximum absolute atomic E-state index is 14.3. The summed E-state index contributed by atoms with van der Waals surface area (Å²) in [5.41, 5.74) is 0.310. The summed E-state index contributed by atoms with van der Waals surface area (Å²) in [7, 11) is 0. The maximum atomic E-state index is 14.3. The van der Waals surface area contributed by atoms with E-state index in [1.165, 1.54) is 4.90 Å². The molecule has 10 heteroatoms. The van der Waals surface area contributed by atoms with Crippen LogP contribution >= 0.6 is 15.9 Å². The Morgan fingerprint density at radius 2 is 1.85 bits per heavy atom. The molecule has 3 unspecified atom stereocenters. The molecule has 3 fully saturated rings. The van der Waals surface area contributed by atoms with Gasteiger partial charge in [0, 0.05) is 16.6 Å². The average Bonchev–Trinajstić information content (AvgIpc) is 3.52. The Labute approximate surface area is 242 Å². The third-order valence-corrected chi connectivity index (χ3v) is 8.91. The average molecular weight is 615 g/mol. The van der Waals surface area contributed by atoms with Gasteiger partial charge < -0.3 is 30.1 Å². The van der Waals surface area contributed by atoms with Gasteiger partial charge in [0.2, 0.25) is 17.7 Å². The van der Waals surface area contributed by atoms with Crippen LogP contribution in [0.25, 0.3) is 0 Å². The van der Waals surface area contributed by atoms with Gasteiger partial charge >= 0.3 is 0 Å². The van der Waals surface area contributed by atoms with Crippen molar-refractivity contribution in [1.29, 1.82) is 0 Å². The van der Waals surface area contributed by atoms with Crippen LogP contribution < -0.4 is 15.4 Å². The van der Waals surface area contributed by atoms with Crippen molar-refractivity contribution >= 4 is 39.3 Å². The second-order valence-corrected chi connectivity index (χ2v) is 12.2. The fourth-order valence-corrected chi connectivity index (χ4v) is 7.53. The topological polar surface area (TPSA) is 117 Å². The molecular weight excluding hydrogens is 578 g/mol. The number of halogens is 1. The summed E-state index contributed by atoms with van der Waals surface area (Å²) < 4.78 is 12.0. The Morgan fingerprint density at radius 1 is 1.15 bits per heavy atom. The number of benzene rings is 2. The third-order valence-electron chi connectivity index (χ3n) is 8.06. The van der Waals surface area contributed by atoms with Crippen LogP contribution in [0.5, 0.6) is 5.75 Å². The molecule has 3 heterocycles. The molecule has 9 nitrogen and oxygen atoms in total. The molecule has 1 spiro atoms. The van der Waals surface area contributed by atoms with E-state index in [1.807, 2.05) is 51.1 Å². The molecule has 0 radical (unpaired) electrons. The highest BCUT2D eigenvalue weighted by atomic mass is 79.9. The van der Waals surface area contributed by atoms with E-state index in [1.54, 1.807) is 24.3 Å². The van der Waals surface area contributed by atoms with E-state index in [-0.39, 0.29) is 35.2 Å². The normalized spacial score (nSPS) is 29.4. The van der Waals surface area contributed by atoms with E-state index >= 15 is 0 Å². The SMILES string of the molecule is CCOc1ccc(NC(=O)[C@H]2[C@@H]3OC4(CC3Br)C(C(=O)NC(C)C)N([C@@H](CO)Cc3ccccc3)C(=O)[C@H]24)cc1. The van der Waals surface area contributed by atoms with Crippen LogP contribution in [-0.2, 0) is 25.5 Å². The van der Waals surface area contributed by atoms with E-state index in [0.29, 0.717) is 30.9 Å². The van der Waals surface area contributed by atoms with Gasteiger partial charge in [-0.2, -0.15) is 0 Å². The summed E-state index contributed by atoms with van der Waals surface area (Å²) in [6.07, 6.45) is 0.188. The molecule has 3 aliphatic rings. The predicted molar refractivity (Wildman–Crippen MR) is 153 cm³/mol. The number of hydrogen-bond donors (Lipinski definition) is 3. The van der Waals surface area contributed by atoms with E-state index in [4.69, 9.17) is 9.47 Å². The number of nitrogens with one attached hydrogen (secondary N) is 2. The second-order valence-electron chi connectivity index (χ2n) is 11.0. The summed E-state index contributed by atoms with van der Waals surface area (Å²) >= 11 is 3.69. The van der Waals surface area contributed by atoms with Crippen molar-refractivity contribution in [2.24, 2.45) is 11.8 Å². The fourth-order valence-electron chi connectivity index (χ4n) is 6.59. The van der Waals surface area contributed by atoms with Crippen LogP contribution in [-0.4, -0.2) is 75.6 Å². The molecule has 0 aliphatic carbocycles. The molecule has 7 atom stereocenters. The van der Waals surface area contributed by atoms with Crippen molar-refractivity contribution in [2.45, 2.75) is 68.3 Å². The minimum absolute atomic E-state index is 0.168. The lowest BCUT2D eigenvalue weighted by Gasteiger charge is -2.37. The minimum Gasteiger partial charge on any atom is -0.494 e. The quantitative estimate of drug-likeness (QED) is 0.355. The smallest absolute Gasteiger partial charge is 0.246 e. The van der Waals surface area contributed by atoms with Crippen LogP contribution in [0.3, 0.4) is 0 Å². The second kappa shape index (κ2) is 11.5. The lowest BCUT2D eigenvalue weighted by molar-refractivity contribution is -0.145. The molecule has 40 heavy (non-hydrogen) atoms. The highest BCUT2D eigenvalue weighted by molar-refractivity contribution is 9.09. The Kier molecular flexibility index (Phi) is 8.22. The number of nitrogens with zero attached hydrogens (tertiary/aromatic N) is 1. The number of likely N-dealkylation sites (tertiary alicyclic amines) is 1. The zero-order chi connectivity index (χ0) is 28.6. The number of aliphatic hydroxyl groups is 1. The molecule has 2 aromatic rings. The number of aliphatic hydroxyl groups excluding tert-OH is 1. The monoisotopic (exact) mass is 613 g/mol. The number of hydrogen-bond acceptors (Lipinski definition) is 6. The lowest BCUT2D eigenvalue weighted by Crippen LogP contribution is -2.59. The maximum Gasteiger partial charge on any atom is 0.246 e. The first-order valence-electron chi connectivity index (χ1n) is 13.8. The van der Waals surface area contributed by atoms with Crippen LogP contribution in [0, 0.1) is 11.8 Å². The largest absolute Gasteiger partial charge is 0.494 e. The van der Waals surface area contributed by atoms with E-state index in [2.05, 4.69) is 26.6 Å². The predicted octanol–water partition coefficient (Wildman–Crippen LogP) is 2.90. The van der Waals surface area contributed by atoms with Crippen LogP contribution in [0.15, 0.2) is 54.6 Å². The Hall–Kier alpha value is -2.95. The summed E-state index contributed by atoms with van der Waals surface area (Å²) in [5, 5.41) is 16.4. The lowest BCUT2D eigenvalue weighted by atomic mass is 9.70. The number of carbonyl (C=O) groups excluding carboxylic acids is 3. The zero-order valence-corrected chi connectivity index (χ0v) is 24.5. The van der Waals surface area contributed by atoms with Gasteiger partial charge in [-0.25, -0.2) is 0 Å². The van der Waals surface area contributed by atoms with Gasteiger partial charge in [0.25, 0.3) is 0 Å². The number of rotatable bonds is 10. The van der Waals surface area contributed by atoms with Crippen LogP contribution in [0.2, 0.25) is 0 Å². The first-order chi connectivity index (χ1) is 19.2. The number of amides is 3. The van der Waals surface area contributed by atoms with Gasteiger partial charge in [-0.15, -0.1) is 0 Å². The number of ether oxygens (including phenoxy) is 2. The van der Waals surface area contributed by atoms with E-state index in [9.17, 15) is 19.5 Å². The molecule has 3 N–H and O–H groups in total. The first-order valence-corrected chi connectivity index (χ1v) is 14.7. The molecule has 5 rings (SSSR count). The van der Waals surface area contributed by atoms with Gasteiger partial charge in [0.1, 0.15) is 17.4 Å². The van der Waals surface area contributed by atoms with Crippen molar-refractivity contribution in [3.8, 4) is 5.75 Å². The molecule has 3 amide bonds. The number of anilines is 1. The molecule has 2 aromatic carbocycles. The molecule has 2 bridgehead atoms. The van der Waals surface area contributed by atoms with E-state index < -0.39 is 35.6 Å². The highest BCUT2D eigenvalue weighted by Gasteiger charge is 2.77. The van der Waals surface area contributed by atoms with Crippen molar-refractivity contribution in [3.63, 3.8) is 0 Å². The fraction of sp³-hybridized carbons (Fsp3) is 0.500. The van der Waals surface area contributed by atoms with Gasteiger partial charge in [-0.05, 0) is 63.4 Å². The van der Waals surface area contributed by atoms with Gasteiger partial charge in [0.15, 0.2) is 0 Å². The molecule has 0 aromatic heterocycles. The minimum atomic E-state index is -1.19. The third kappa shape index (κ3) is 5.01. The Morgan fingerprint density at radius 3 is 2.48 bits per heavy atom. The molecule has 214 valence electrons. The first kappa shape index (κ1) is 28.6. The Bertz CT molecular complexity index is 1240. The van der Waals surface area contributed by atoms with Gasteiger partial charge in [0.05, 0.1) is 37.2 Å². The van der Waals surface area contributed by atoms with Crippen molar-refractivity contribution in [2.75, 3.05) is 18.5 Å². The van der Waals surface area contributed by atoms with Crippen molar-refractivity contribution in [1.82, 2.24) is 10.2 Å². The van der Waals surface area contributed by atoms with Crippen molar-refractivity contribution in [3.05, 3.63) is 60.2 Å². The van der Waals surface area contributed by atoms with Gasteiger partial charge in [-0.3, -0.25) is 14.4 Å². The van der Waals surface area contributed by atoms with Gasteiger partial charge in [-0.1, -0.05) is 46.3 Å². The molecule has 0 saturated carbocycles. The Balaban J connectivity index is 1.49.